The van der Waals surface area contributed by atoms with Crippen molar-refractivity contribution in [1.29, 1.82) is 0 Å². The Kier molecular flexibility index (Phi) is 10.0. The standard InChI is InChI=1S/C28H29Cl3N2O2/c1-3-19(2)32-28(35)26(16-20-8-5-4-6-9-20)33(18-22-12-13-24(30)25(31)15-22)27(34)17-21-10-7-11-23(29)14-21/h4-15,19,26H,3,16-18H2,1-2H3,(H,32,35). The SMILES string of the molecule is CCC(C)NC(=O)C(Cc1ccccc1)N(Cc1ccc(Cl)c(Cl)c1)C(=O)Cc1cccc(Cl)c1. The van der Waals surface area contributed by atoms with Crippen molar-refractivity contribution >= 4 is 46.6 Å². The van der Waals surface area contributed by atoms with E-state index in [4.69, 9.17) is 34.8 Å². The van der Waals surface area contributed by atoms with Gasteiger partial charge in [0.05, 0.1) is 16.5 Å². The molecule has 0 aliphatic heterocycles. The number of hydrogen-bond acceptors (Lipinski definition) is 2. The van der Waals surface area contributed by atoms with Gasteiger partial charge in [0.25, 0.3) is 0 Å². The van der Waals surface area contributed by atoms with Gasteiger partial charge >= 0.3 is 0 Å². The van der Waals surface area contributed by atoms with Crippen LogP contribution in [0, 0.1) is 0 Å². The van der Waals surface area contributed by atoms with E-state index < -0.39 is 6.04 Å². The number of nitrogens with zero attached hydrogens (tertiary/aromatic N) is 1. The van der Waals surface area contributed by atoms with E-state index in [2.05, 4.69) is 5.32 Å². The molecule has 3 aromatic rings. The summed E-state index contributed by atoms with van der Waals surface area (Å²) in [5, 5.41) is 4.45. The Morgan fingerprint density at radius 2 is 1.57 bits per heavy atom. The van der Waals surface area contributed by atoms with Gasteiger partial charge in [-0.25, -0.2) is 0 Å². The van der Waals surface area contributed by atoms with Gasteiger partial charge in [-0.05, 0) is 54.3 Å². The lowest BCUT2D eigenvalue weighted by molar-refractivity contribution is -0.141. The van der Waals surface area contributed by atoms with Crippen LogP contribution >= 0.6 is 34.8 Å². The molecular formula is C28H29Cl3N2O2. The number of halogens is 3. The van der Waals surface area contributed by atoms with Gasteiger partial charge in [-0.15, -0.1) is 0 Å². The Hall–Kier alpha value is -2.53. The molecule has 0 heterocycles. The predicted octanol–water partition coefficient (Wildman–Crippen LogP) is 6.74. The van der Waals surface area contributed by atoms with E-state index in [0.717, 1.165) is 23.1 Å². The highest BCUT2D eigenvalue weighted by molar-refractivity contribution is 6.42. The van der Waals surface area contributed by atoms with Crippen LogP contribution < -0.4 is 5.32 Å². The van der Waals surface area contributed by atoms with Crippen LogP contribution in [0.25, 0.3) is 0 Å². The first-order valence-corrected chi connectivity index (χ1v) is 12.7. The van der Waals surface area contributed by atoms with Crippen molar-refractivity contribution < 1.29 is 9.59 Å². The van der Waals surface area contributed by atoms with Crippen LogP contribution in [0.2, 0.25) is 15.1 Å². The predicted molar refractivity (Wildman–Crippen MR) is 144 cm³/mol. The number of benzene rings is 3. The zero-order valence-electron chi connectivity index (χ0n) is 19.8. The molecule has 2 atom stereocenters. The van der Waals surface area contributed by atoms with E-state index in [1.54, 1.807) is 29.2 Å². The maximum absolute atomic E-state index is 13.7. The van der Waals surface area contributed by atoms with Crippen LogP contribution in [-0.2, 0) is 29.0 Å². The third-order valence-electron chi connectivity index (χ3n) is 5.85. The zero-order valence-corrected chi connectivity index (χ0v) is 22.1. The summed E-state index contributed by atoms with van der Waals surface area (Å²) in [6.07, 6.45) is 1.28. The van der Waals surface area contributed by atoms with Crippen molar-refractivity contribution in [3.8, 4) is 0 Å². The molecule has 7 heteroatoms. The average molecular weight is 532 g/mol. The summed E-state index contributed by atoms with van der Waals surface area (Å²) in [4.78, 5) is 28.9. The summed E-state index contributed by atoms with van der Waals surface area (Å²) in [7, 11) is 0. The highest BCUT2D eigenvalue weighted by Crippen LogP contribution is 2.25. The Bertz CT molecular complexity index is 1150. The summed E-state index contributed by atoms with van der Waals surface area (Å²) in [5.74, 6) is -0.374. The van der Waals surface area contributed by atoms with Gasteiger partial charge < -0.3 is 10.2 Å². The molecule has 0 aliphatic carbocycles. The van der Waals surface area contributed by atoms with E-state index >= 15 is 0 Å². The van der Waals surface area contributed by atoms with Gasteiger partial charge in [0.1, 0.15) is 6.04 Å². The van der Waals surface area contributed by atoms with E-state index in [1.165, 1.54) is 0 Å². The molecule has 1 N–H and O–H groups in total. The number of carbonyl (C=O) groups is 2. The van der Waals surface area contributed by atoms with Crippen molar-refractivity contribution in [3.05, 3.63) is 105 Å². The maximum Gasteiger partial charge on any atom is 0.243 e. The normalized spacial score (nSPS) is 12.6. The number of rotatable bonds is 10. The highest BCUT2D eigenvalue weighted by atomic mass is 35.5. The molecule has 0 spiro atoms. The lowest BCUT2D eigenvalue weighted by atomic mass is 10.0. The lowest BCUT2D eigenvalue weighted by Gasteiger charge is -2.32. The molecule has 0 fully saturated rings. The molecule has 184 valence electrons. The minimum Gasteiger partial charge on any atom is -0.352 e. The van der Waals surface area contributed by atoms with Crippen LogP contribution in [0.1, 0.15) is 37.0 Å². The molecule has 0 bridgehead atoms. The van der Waals surface area contributed by atoms with Gasteiger partial charge in [0.15, 0.2) is 0 Å². The summed E-state index contributed by atoms with van der Waals surface area (Å²) >= 11 is 18.5. The fourth-order valence-corrected chi connectivity index (χ4v) is 4.29. The first-order valence-electron chi connectivity index (χ1n) is 11.6. The quantitative estimate of drug-likeness (QED) is 0.315. The lowest BCUT2D eigenvalue weighted by Crippen LogP contribution is -2.52. The molecule has 0 radical (unpaired) electrons. The Labute approximate surface area is 222 Å². The Morgan fingerprint density at radius 3 is 2.23 bits per heavy atom. The minimum absolute atomic E-state index is 0.0179. The average Bonchev–Trinajstić information content (AvgIpc) is 2.84. The highest BCUT2D eigenvalue weighted by Gasteiger charge is 2.31. The fourth-order valence-electron chi connectivity index (χ4n) is 3.75. The monoisotopic (exact) mass is 530 g/mol. The van der Waals surface area contributed by atoms with Crippen LogP contribution in [0.5, 0.6) is 0 Å². The third kappa shape index (κ3) is 7.99. The zero-order chi connectivity index (χ0) is 25.4. The van der Waals surface area contributed by atoms with Crippen molar-refractivity contribution in [2.75, 3.05) is 0 Å². The number of amides is 2. The molecule has 35 heavy (non-hydrogen) atoms. The van der Waals surface area contributed by atoms with Crippen molar-refractivity contribution in [3.63, 3.8) is 0 Å². The molecule has 0 saturated carbocycles. The third-order valence-corrected chi connectivity index (χ3v) is 6.83. The minimum atomic E-state index is -0.715. The first kappa shape index (κ1) is 27.1. The molecule has 0 saturated heterocycles. The van der Waals surface area contributed by atoms with Crippen LogP contribution in [0.3, 0.4) is 0 Å². The molecule has 3 aromatic carbocycles. The van der Waals surface area contributed by atoms with E-state index in [0.29, 0.717) is 21.5 Å². The molecule has 2 unspecified atom stereocenters. The molecule has 2 amide bonds. The smallest absolute Gasteiger partial charge is 0.243 e. The largest absolute Gasteiger partial charge is 0.352 e. The second-order valence-corrected chi connectivity index (χ2v) is 9.85. The molecule has 0 aliphatic rings. The van der Waals surface area contributed by atoms with E-state index in [-0.39, 0.29) is 30.8 Å². The Balaban J connectivity index is 1.99. The van der Waals surface area contributed by atoms with E-state index in [1.807, 2.05) is 62.4 Å². The Morgan fingerprint density at radius 1 is 0.857 bits per heavy atom. The van der Waals surface area contributed by atoms with Crippen LogP contribution in [-0.4, -0.2) is 28.8 Å². The van der Waals surface area contributed by atoms with Crippen molar-refractivity contribution in [2.45, 2.75) is 51.7 Å². The molecule has 0 aromatic heterocycles. The summed E-state index contributed by atoms with van der Waals surface area (Å²) in [6, 6.07) is 21.4. The number of hydrogen-bond donors (Lipinski definition) is 1. The second kappa shape index (κ2) is 13.0. The molecular weight excluding hydrogens is 503 g/mol. The second-order valence-electron chi connectivity index (χ2n) is 8.60. The van der Waals surface area contributed by atoms with Gasteiger partial charge in [-0.2, -0.15) is 0 Å². The number of carbonyl (C=O) groups excluding carboxylic acids is 2. The van der Waals surface area contributed by atoms with Gasteiger partial charge in [-0.3, -0.25) is 9.59 Å². The molecule has 3 rings (SSSR count). The topological polar surface area (TPSA) is 49.4 Å². The van der Waals surface area contributed by atoms with Crippen LogP contribution in [0.15, 0.2) is 72.8 Å². The van der Waals surface area contributed by atoms with Gasteiger partial charge in [0.2, 0.25) is 11.8 Å². The molecule has 4 nitrogen and oxygen atoms in total. The van der Waals surface area contributed by atoms with E-state index in [9.17, 15) is 9.59 Å². The summed E-state index contributed by atoms with van der Waals surface area (Å²) in [6.45, 7) is 4.17. The van der Waals surface area contributed by atoms with Gasteiger partial charge in [-0.1, -0.05) is 90.3 Å². The number of nitrogens with one attached hydrogen (secondary N) is 1. The summed E-state index contributed by atoms with van der Waals surface area (Å²) in [5.41, 5.74) is 2.53. The van der Waals surface area contributed by atoms with Crippen molar-refractivity contribution in [1.82, 2.24) is 10.2 Å². The maximum atomic E-state index is 13.7. The van der Waals surface area contributed by atoms with Crippen LogP contribution in [0.4, 0.5) is 0 Å². The van der Waals surface area contributed by atoms with Gasteiger partial charge in [0, 0.05) is 24.0 Å². The summed E-state index contributed by atoms with van der Waals surface area (Å²) < 4.78 is 0. The fraction of sp³-hybridized carbons (Fsp3) is 0.286. The van der Waals surface area contributed by atoms with Crippen molar-refractivity contribution in [2.24, 2.45) is 0 Å². The first-order chi connectivity index (χ1) is 16.8.